The van der Waals surface area contributed by atoms with E-state index in [1.807, 2.05) is 34.9 Å². The van der Waals surface area contributed by atoms with E-state index < -0.39 is 5.82 Å². The summed E-state index contributed by atoms with van der Waals surface area (Å²) in [5, 5.41) is 14.9. The fraction of sp³-hybridized carbons (Fsp3) is 0. The second kappa shape index (κ2) is 6.62. The van der Waals surface area contributed by atoms with E-state index in [-0.39, 0.29) is 17.2 Å². The molecule has 0 atom stereocenters. The molecule has 0 saturated heterocycles. The molecule has 0 aliphatic rings. The summed E-state index contributed by atoms with van der Waals surface area (Å²) in [6.45, 7) is 0. The van der Waals surface area contributed by atoms with Crippen LogP contribution in [0.2, 0.25) is 0 Å². The molecular formula is C21H17FN6. The van der Waals surface area contributed by atoms with Crippen molar-refractivity contribution in [1.29, 1.82) is 10.8 Å². The Balaban J connectivity index is 1.69. The van der Waals surface area contributed by atoms with E-state index in [9.17, 15) is 4.39 Å². The summed E-state index contributed by atoms with van der Waals surface area (Å²) in [5.74, 6) is -0.806. The van der Waals surface area contributed by atoms with Gasteiger partial charge in [-0.05, 0) is 53.6 Å². The highest BCUT2D eigenvalue weighted by molar-refractivity contribution is 5.98. The van der Waals surface area contributed by atoms with Gasteiger partial charge in [0.2, 0.25) is 0 Å². The Morgan fingerprint density at radius 1 is 0.857 bits per heavy atom. The van der Waals surface area contributed by atoms with Crippen molar-refractivity contribution in [3.05, 3.63) is 83.9 Å². The Morgan fingerprint density at radius 3 is 2.21 bits per heavy atom. The average molecular weight is 372 g/mol. The van der Waals surface area contributed by atoms with E-state index in [0.717, 1.165) is 22.3 Å². The lowest BCUT2D eigenvalue weighted by atomic mass is 10.0. The van der Waals surface area contributed by atoms with E-state index in [1.54, 1.807) is 24.5 Å². The van der Waals surface area contributed by atoms with Crippen LogP contribution < -0.4 is 11.5 Å². The second-order valence-corrected chi connectivity index (χ2v) is 6.39. The van der Waals surface area contributed by atoms with Gasteiger partial charge in [0.15, 0.2) is 0 Å². The average Bonchev–Trinajstić information content (AvgIpc) is 3.11. The molecule has 6 N–H and O–H groups in total. The number of nitrogen functional groups attached to an aromatic ring is 2. The first-order valence-electron chi connectivity index (χ1n) is 8.50. The number of amidine groups is 2. The van der Waals surface area contributed by atoms with Crippen molar-refractivity contribution < 1.29 is 4.39 Å². The second-order valence-electron chi connectivity index (χ2n) is 6.39. The van der Waals surface area contributed by atoms with Crippen LogP contribution in [0.4, 0.5) is 4.39 Å². The third-order valence-electron chi connectivity index (χ3n) is 4.60. The maximum absolute atomic E-state index is 14.1. The molecule has 6 nitrogen and oxygen atoms in total. The molecule has 138 valence electrons. The van der Waals surface area contributed by atoms with Gasteiger partial charge < -0.3 is 11.5 Å². The number of nitrogens with two attached hydrogens (primary N) is 2. The maximum atomic E-state index is 14.1. The molecular weight excluding hydrogens is 355 g/mol. The summed E-state index contributed by atoms with van der Waals surface area (Å²) in [5.41, 5.74) is 15.7. The lowest BCUT2D eigenvalue weighted by Crippen LogP contribution is -2.13. The number of rotatable bonds is 4. The molecule has 0 unspecified atom stereocenters. The molecule has 0 bridgehead atoms. The number of hydrogen-bond acceptors (Lipinski definition) is 3. The number of imidazole rings is 1. The van der Waals surface area contributed by atoms with Gasteiger partial charge >= 0.3 is 0 Å². The molecule has 0 amide bonds. The first-order valence-corrected chi connectivity index (χ1v) is 8.50. The molecule has 4 aromatic rings. The monoisotopic (exact) mass is 372 g/mol. The predicted molar refractivity (Wildman–Crippen MR) is 108 cm³/mol. The lowest BCUT2D eigenvalue weighted by molar-refractivity contribution is 0.625. The van der Waals surface area contributed by atoms with E-state index in [4.69, 9.17) is 22.3 Å². The van der Waals surface area contributed by atoms with Crippen molar-refractivity contribution in [2.45, 2.75) is 0 Å². The Hall–Kier alpha value is -4.00. The van der Waals surface area contributed by atoms with Crippen LogP contribution in [-0.4, -0.2) is 21.2 Å². The molecule has 3 aromatic carbocycles. The molecule has 0 fully saturated rings. The normalized spacial score (nSPS) is 10.9. The number of hydrogen-bond donors (Lipinski definition) is 4. The molecule has 0 aliphatic heterocycles. The SMILES string of the molecule is N=C(N)c1ccc2c(c1)ncn2-c1ccc(-c2ccc(C(=N)N)c(F)c2)cc1. The topological polar surface area (TPSA) is 118 Å². The van der Waals surface area contributed by atoms with Gasteiger partial charge in [-0.3, -0.25) is 15.4 Å². The fourth-order valence-corrected chi connectivity index (χ4v) is 3.11. The van der Waals surface area contributed by atoms with Gasteiger partial charge in [0.05, 0.1) is 16.6 Å². The van der Waals surface area contributed by atoms with E-state index in [0.29, 0.717) is 11.1 Å². The summed E-state index contributed by atoms with van der Waals surface area (Å²) in [4.78, 5) is 4.39. The van der Waals surface area contributed by atoms with Gasteiger partial charge in [-0.15, -0.1) is 0 Å². The minimum Gasteiger partial charge on any atom is -0.384 e. The number of nitrogens with zero attached hydrogens (tertiary/aromatic N) is 2. The van der Waals surface area contributed by atoms with Crippen LogP contribution >= 0.6 is 0 Å². The first-order chi connectivity index (χ1) is 13.4. The molecule has 28 heavy (non-hydrogen) atoms. The smallest absolute Gasteiger partial charge is 0.134 e. The maximum Gasteiger partial charge on any atom is 0.134 e. The van der Waals surface area contributed by atoms with Gasteiger partial charge in [0.25, 0.3) is 0 Å². The molecule has 4 rings (SSSR count). The molecule has 1 aromatic heterocycles. The van der Waals surface area contributed by atoms with Gasteiger partial charge in [-0.25, -0.2) is 9.37 Å². The lowest BCUT2D eigenvalue weighted by Gasteiger charge is -2.08. The van der Waals surface area contributed by atoms with Crippen molar-refractivity contribution in [1.82, 2.24) is 9.55 Å². The molecule has 1 heterocycles. The van der Waals surface area contributed by atoms with E-state index in [1.165, 1.54) is 12.1 Å². The molecule has 7 heteroatoms. The number of aromatic nitrogens is 2. The van der Waals surface area contributed by atoms with Crippen LogP contribution in [0, 0.1) is 16.6 Å². The molecule has 0 spiro atoms. The highest BCUT2D eigenvalue weighted by Gasteiger charge is 2.09. The summed E-state index contributed by atoms with van der Waals surface area (Å²) in [7, 11) is 0. The highest BCUT2D eigenvalue weighted by atomic mass is 19.1. The van der Waals surface area contributed by atoms with Crippen molar-refractivity contribution >= 4 is 22.7 Å². The molecule has 0 saturated carbocycles. The van der Waals surface area contributed by atoms with Crippen LogP contribution in [-0.2, 0) is 0 Å². The third kappa shape index (κ3) is 2.99. The van der Waals surface area contributed by atoms with Gasteiger partial charge in [-0.2, -0.15) is 0 Å². The van der Waals surface area contributed by atoms with Crippen molar-refractivity contribution in [3.63, 3.8) is 0 Å². The number of fused-ring (bicyclic) bond motifs is 1. The zero-order chi connectivity index (χ0) is 19.8. The van der Waals surface area contributed by atoms with Gasteiger partial charge in [0, 0.05) is 11.3 Å². The first kappa shape index (κ1) is 17.4. The van der Waals surface area contributed by atoms with Crippen LogP contribution in [0.15, 0.2) is 67.0 Å². The van der Waals surface area contributed by atoms with Crippen molar-refractivity contribution in [3.8, 4) is 16.8 Å². The van der Waals surface area contributed by atoms with Crippen LogP contribution in [0.25, 0.3) is 27.8 Å². The zero-order valence-corrected chi connectivity index (χ0v) is 14.8. The zero-order valence-electron chi connectivity index (χ0n) is 14.8. The summed E-state index contributed by atoms with van der Waals surface area (Å²) < 4.78 is 16.0. The largest absolute Gasteiger partial charge is 0.384 e. The predicted octanol–water partition coefficient (Wildman–Crippen LogP) is 3.40. The molecule has 0 radical (unpaired) electrons. The highest BCUT2D eigenvalue weighted by Crippen LogP contribution is 2.25. The Labute approximate surface area is 160 Å². The minimum atomic E-state index is -0.518. The number of nitrogens with one attached hydrogen (secondary N) is 2. The van der Waals surface area contributed by atoms with E-state index in [2.05, 4.69) is 4.98 Å². The van der Waals surface area contributed by atoms with Crippen LogP contribution in [0.1, 0.15) is 11.1 Å². The Morgan fingerprint density at radius 2 is 1.57 bits per heavy atom. The van der Waals surface area contributed by atoms with Crippen molar-refractivity contribution in [2.24, 2.45) is 11.5 Å². The Bertz CT molecular complexity index is 1220. The van der Waals surface area contributed by atoms with Crippen molar-refractivity contribution in [2.75, 3.05) is 0 Å². The minimum absolute atomic E-state index is 0.00354. The quantitative estimate of drug-likeness (QED) is 0.325. The third-order valence-corrected chi connectivity index (χ3v) is 4.60. The van der Waals surface area contributed by atoms with E-state index >= 15 is 0 Å². The van der Waals surface area contributed by atoms with Crippen LogP contribution in [0.3, 0.4) is 0 Å². The van der Waals surface area contributed by atoms with Gasteiger partial charge in [0.1, 0.15) is 23.8 Å². The standard InChI is InChI=1S/C21H17FN6/c22-17-9-13(3-7-16(17)21(25)26)12-1-5-15(6-2-12)28-11-27-18-10-14(20(23)24)4-8-19(18)28/h1-11H,(H3,23,24)(H3,25,26). The molecule has 0 aliphatic carbocycles. The van der Waals surface area contributed by atoms with Gasteiger partial charge in [-0.1, -0.05) is 18.2 Å². The number of benzene rings is 3. The summed E-state index contributed by atoms with van der Waals surface area (Å²) in [6.07, 6.45) is 1.71. The summed E-state index contributed by atoms with van der Waals surface area (Å²) in [6, 6.07) is 17.7. The Kier molecular flexibility index (Phi) is 4.12. The number of halogens is 1. The fourth-order valence-electron chi connectivity index (χ4n) is 3.11. The summed E-state index contributed by atoms with van der Waals surface area (Å²) >= 11 is 0. The van der Waals surface area contributed by atoms with Crippen LogP contribution in [0.5, 0.6) is 0 Å².